The second kappa shape index (κ2) is 6.66. The Labute approximate surface area is 102 Å². The number of aromatic nitrogens is 2. The molecule has 0 aromatic carbocycles. The van der Waals surface area contributed by atoms with Crippen molar-refractivity contribution in [2.45, 2.75) is 26.3 Å². The molecular weight excluding hydrogens is 224 g/mol. The van der Waals surface area contributed by atoms with Gasteiger partial charge in [0.05, 0.1) is 0 Å². The molecule has 16 heavy (non-hydrogen) atoms. The van der Waals surface area contributed by atoms with E-state index in [1.807, 2.05) is 0 Å². The molecule has 0 saturated carbocycles. The number of nitrogens with zero attached hydrogens (tertiary/aromatic N) is 3. The summed E-state index contributed by atoms with van der Waals surface area (Å²) in [5.74, 6) is 0.663. The number of nitrogens with one attached hydrogen (secondary N) is 1. The monoisotopic (exact) mass is 242 g/mol. The van der Waals surface area contributed by atoms with Crippen molar-refractivity contribution in [3.63, 3.8) is 0 Å². The van der Waals surface area contributed by atoms with Crippen LogP contribution in [0.2, 0.25) is 5.15 Å². The lowest BCUT2D eigenvalue weighted by atomic mass is 10.3. The molecular formula is C11H19ClN4. The molecule has 4 nitrogen and oxygen atoms in total. The fraction of sp³-hybridized carbons (Fsp3) is 0.636. The van der Waals surface area contributed by atoms with Crippen LogP contribution in [0.25, 0.3) is 0 Å². The predicted molar refractivity (Wildman–Crippen MR) is 67.9 cm³/mol. The largest absolute Gasteiger partial charge is 0.367 e. The van der Waals surface area contributed by atoms with E-state index in [9.17, 15) is 0 Å². The van der Waals surface area contributed by atoms with Crippen molar-refractivity contribution in [2.75, 3.05) is 25.5 Å². The quantitative estimate of drug-likeness (QED) is 0.777. The highest BCUT2D eigenvalue weighted by Gasteiger charge is 2.03. The first-order chi connectivity index (χ1) is 7.61. The smallest absolute Gasteiger partial charge is 0.171 e. The van der Waals surface area contributed by atoms with Crippen molar-refractivity contribution in [1.82, 2.24) is 14.9 Å². The molecule has 90 valence electrons. The maximum absolute atomic E-state index is 5.87. The van der Waals surface area contributed by atoms with E-state index < -0.39 is 0 Å². The van der Waals surface area contributed by atoms with Gasteiger partial charge in [0.2, 0.25) is 0 Å². The molecule has 1 N–H and O–H groups in total. The summed E-state index contributed by atoms with van der Waals surface area (Å²) in [6.07, 6.45) is 4.27. The lowest BCUT2D eigenvalue weighted by molar-refractivity contribution is 0.273. The van der Waals surface area contributed by atoms with Gasteiger partial charge in [0.1, 0.15) is 0 Å². The summed E-state index contributed by atoms with van der Waals surface area (Å²) >= 11 is 5.87. The van der Waals surface area contributed by atoms with Crippen LogP contribution in [0, 0.1) is 0 Å². The zero-order chi connectivity index (χ0) is 12.0. The fourth-order valence-corrected chi connectivity index (χ4v) is 1.41. The molecule has 0 fully saturated rings. The standard InChI is InChI=1S/C11H19ClN4/c1-9(2)16(3)8-4-5-14-11-10(12)13-6-7-15-11/h6-7,9H,4-5,8H2,1-3H3,(H,14,15). The molecule has 0 aliphatic carbocycles. The van der Waals surface area contributed by atoms with Gasteiger partial charge in [-0.15, -0.1) is 0 Å². The van der Waals surface area contributed by atoms with E-state index in [4.69, 9.17) is 11.6 Å². The van der Waals surface area contributed by atoms with Gasteiger partial charge in [-0.3, -0.25) is 0 Å². The second-order valence-corrected chi connectivity index (χ2v) is 4.41. The number of anilines is 1. The van der Waals surface area contributed by atoms with Crippen LogP contribution in [0.1, 0.15) is 20.3 Å². The average molecular weight is 243 g/mol. The summed E-state index contributed by atoms with van der Waals surface area (Å²) in [7, 11) is 2.12. The zero-order valence-electron chi connectivity index (χ0n) is 10.1. The Kier molecular flexibility index (Phi) is 5.49. The summed E-state index contributed by atoms with van der Waals surface area (Å²) < 4.78 is 0. The first-order valence-corrected chi connectivity index (χ1v) is 5.89. The van der Waals surface area contributed by atoms with E-state index in [1.165, 1.54) is 0 Å². The van der Waals surface area contributed by atoms with E-state index in [2.05, 4.69) is 41.1 Å². The Morgan fingerprint density at radius 2 is 2.06 bits per heavy atom. The van der Waals surface area contributed by atoms with Crippen LogP contribution >= 0.6 is 11.6 Å². The number of rotatable bonds is 6. The van der Waals surface area contributed by atoms with Crippen LogP contribution in [0.5, 0.6) is 0 Å². The third kappa shape index (κ3) is 4.33. The molecule has 0 atom stereocenters. The Morgan fingerprint density at radius 3 is 2.69 bits per heavy atom. The molecule has 0 radical (unpaired) electrons. The second-order valence-electron chi connectivity index (χ2n) is 4.05. The predicted octanol–water partition coefficient (Wildman–Crippen LogP) is 2.27. The third-order valence-corrected chi connectivity index (χ3v) is 2.79. The van der Waals surface area contributed by atoms with Crippen molar-refractivity contribution < 1.29 is 0 Å². The van der Waals surface area contributed by atoms with Crippen molar-refractivity contribution in [2.24, 2.45) is 0 Å². The summed E-state index contributed by atoms with van der Waals surface area (Å²) in [5, 5.41) is 3.61. The number of hydrogen-bond donors (Lipinski definition) is 1. The molecule has 0 aliphatic rings. The fourth-order valence-electron chi connectivity index (χ4n) is 1.23. The Hall–Kier alpha value is -0.870. The number of hydrogen-bond acceptors (Lipinski definition) is 4. The maximum atomic E-state index is 5.87. The van der Waals surface area contributed by atoms with E-state index in [0.29, 0.717) is 17.0 Å². The van der Waals surface area contributed by atoms with Crippen LogP contribution in [0.4, 0.5) is 5.82 Å². The van der Waals surface area contributed by atoms with Crippen LogP contribution in [-0.2, 0) is 0 Å². The topological polar surface area (TPSA) is 41.0 Å². The van der Waals surface area contributed by atoms with E-state index >= 15 is 0 Å². The molecule has 5 heteroatoms. The molecule has 1 rings (SSSR count). The molecule has 0 aliphatic heterocycles. The minimum atomic E-state index is 0.430. The molecule has 0 amide bonds. The summed E-state index contributed by atoms with van der Waals surface area (Å²) in [6, 6.07) is 0.583. The molecule has 1 aromatic heterocycles. The van der Waals surface area contributed by atoms with E-state index in [1.54, 1.807) is 12.4 Å². The van der Waals surface area contributed by atoms with Gasteiger partial charge >= 0.3 is 0 Å². The van der Waals surface area contributed by atoms with Crippen molar-refractivity contribution in [3.8, 4) is 0 Å². The first kappa shape index (κ1) is 13.2. The van der Waals surface area contributed by atoms with E-state index in [-0.39, 0.29) is 0 Å². The lowest BCUT2D eigenvalue weighted by Gasteiger charge is -2.20. The summed E-state index contributed by atoms with van der Waals surface area (Å²) in [5.41, 5.74) is 0. The molecule has 1 aromatic rings. The van der Waals surface area contributed by atoms with Gasteiger partial charge in [0, 0.05) is 25.0 Å². The highest BCUT2D eigenvalue weighted by Crippen LogP contribution is 2.13. The van der Waals surface area contributed by atoms with Crippen molar-refractivity contribution >= 4 is 17.4 Å². The van der Waals surface area contributed by atoms with Crippen LogP contribution < -0.4 is 5.32 Å². The van der Waals surface area contributed by atoms with Gasteiger partial charge in [0.15, 0.2) is 11.0 Å². The Bertz CT molecular complexity index is 317. The highest BCUT2D eigenvalue weighted by atomic mass is 35.5. The highest BCUT2D eigenvalue weighted by molar-refractivity contribution is 6.31. The normalized spacial score (nSPS) is 11.1. The maximum Gasteiger partial charge on any atom is 0.171 e. The molecule has 1 heterocycles. The molecule has 0 unspecified atom stereocenters. The van der Waals surface area contributed by atoms with E-state index in [0.717, 1.165) is 19.5 Å². The molecule has 0 saturated heterocycles. The van der Waals surface area contributed by atoms with Crippen LogP contribution in [-0.4, -0.2) is 41.0 Å². The molecule has 0 spiro atoms. The summed E-state index contributed by atoms with van der Waals surface area (Å²) in [6.45, 7) is 6.29. The minimum Gasteiger partial charge on any atom is -0.367 e. The van der Waals surface area contributed by atoms with Gasteiger partial charge in [-0.25, -0.2) is 9.97 Å². The SMILES string of the molecule is CC(C)N(C)CCCNc1nccnc1Cl. The van der Waals surface area contributed by atoms with Crippen molar-refractivity contribution in [1.29, 1.82) is 0 Å². The van der Waals surface area contributed by atoms with Crippen LogP contribution in [0.3, 0.4) is 0 Å². The number of halogens is 1. The van der Waals surface area contributed by atoms with Gasteiger partial charge in [-0.2, -0.15) is 0 Å². The van der Waals surface area contributed by atoms with Gasteiger partial charge in [0.25, 0.3) is 0 Å². The zero-order valence-corrected chi connectivity index (χ0v) is 10.8. The van der Waals surface area contributed by atoms with Gasteiger partial charge < -0.3 is 10.2 Å². The van der Waals surface area contributed by atoms with Gasteiger partial charge in [-0.1, -0.05) is 11.6 Å². The lowest BCUT2D eigenvalue weighted by Crippen LogP contribution is -2.28. The minimum absolute atomic E-state index is 0.430. The average Bonchev–Trinajstić information content (AvgIpc) is 2.26. The Morgan fingerprint density at radius 1 is 1.38 bits per heavy atom. The van der Waals surface area contributed by atoms with Gasteiger partial charge in [-0.05, 0) is 33.9 Å². The summed E-state index contributed by atoms with van der Waals surface area (Å²) in [4.78, 5) is 10.4. The molecule has 0 bridgehead atoms. The Balaban J connectivity index is 2.24. The van der Waals surface area contributed by atoms with Crippen LogP contribution in [0.15, 0.2) is 12.4 Å². The van der Waals surface area contributed by atoms with Crippen molar-refractivity contribution in [3.05, 3.63) is 17.5 Å². The third-order valence-electron chi connectivity index (χ3n) is 2.52. The first-order valence-electron chi connectivity index (χ1n) is 5.52.